The molecule has 1 aliphatic rings. The summed E-state index contributed by atoms with van der Waals surface area (Å²) >= 11 is 1.48. The summed E-state index contributed by atoms with van der Waals surface area (Å²) in [7, 11) is 0. The molecule has 0 fully saturated rings. The topological polar surface area (TPSA) is 95.5 Å². The molecule has 2 amide bonds. The lowest BCUT2D eigenvalue weighted by Gasteiger charge is -2.21. The van der Waals surface area contributed by atoms with Gasteiger partial charge < -0.3 is 15.7 Å². The molecule has 0 radical (unpaired) electrons. The molecule has 0 bridgehead atoms. The monoisotopic (exact) mass is 428 g/mol. The van der Waals surface area contributed by atoms with Gasteiger partial charge in [-0.2, -0.15) is 0 Å². The van der Waals surface area contributed by atoms with Crippen LogP contribution < -0.4 is 10.6 Å². The van der Waals surface area contributed by atoms with Crippen LogP contribution in [0.4, 0.5) is 10.7 Å². The summed E-state index contributed by atoms with van der Waals surface area (Å²) < 4.78 is 0. The maximum Gasteiger partial charge on any atom is 0.303 e. The van der Waals surface area contributed by atoms with Crippen molar-refractivity contribution in [2.24, 2.45) is 5.92 Å². The number of anilines is 2. The smallest absolute Gasteiger partial charge is 0.303 e. The van der Waals surface area contributed by atoms with Crippen LogP contribution in [0.1, 0.15) is 65.4 Å². The van der Waals surface area contributed by atoms with Crippen molar-refractivity contribution in [1.82, 2.24) is 0 Å². The molecule has 1 aliphatic carbocycles. The lowest BCUT2D eigenvalue weighted by molar-refractivity contribution is -0.137. The largest absolute Gasteiger partial charge is 0.481 e. The highest BCUT2D eigenvalue weighted by Gasteiger charge is 2.29. The zero-order chi connectivity index (χ0) is 21.7. The second-order valence-electron chi connectivity index (χ2n) is 7.79. The third kappa shape index (κ3) is 5.27. The zero-order valence-corrected chi connectivity index (χ0v) is 18.2. The average Bonchev–Trinajstić information content (AvgIpc) is 3.06. The first-order chi connectivity index (χ1) is 14.4. The number of para-hydroxylation sites is 1. The first-order valence-electron chi connectivity index (χ1n) is 10.4. The van der Waals surface area contributed by atoms with E-state index in [0.717, 1.165) is 42.5 Å². The molecule has 1 aromatic heterocycles. The summed E-state index contributed by atoms with van der Waals surface area (Å²) in [5.41, 5.74) is 3.32. The Kier molecular flexibility index (Phi) is 7.26. The number of carboxylic acid groups (broad SMARTS) is 1. The van der Waals surface area contributed by atoms with E-state index in [4.69, 9.17) is 5.11 Å². The van der Waals surface area contributed by atoms with Crippen LogP contribution in [0, 0.1) is 12.8 Å². The third-order valence-corrected chi connectivity index (χ3v) is 6.78. The van der Waals surface area contributed by atoms with Gasteiger partial charge in [0.2, 0.25) is 5.91 Å². The number of aryl methyl sites for hydroxylation is 1. The molecule has 1 heterocycles. The van der Waals surface area contributed by atoms with Crippen LogP contribution in [-0.4, -0.2) is 22.9 Å². The summed E-state index contributed by atoms with van der Waals surface area (Å²) in [5, 5.41) is 15.2. The van der Waals surface area contributed by atoms with Crippen LogP contribution in [0.3, 0.4) is 0 Å². The molecule has 0 saturated heterocycles. The SMILES string of the molecule is CC[C@@H]1CCc2c(sc(NC(=O)CCCC(=O)O)c2C(=O)Nc2ccccc2C)C1. The number of rotatable bonds is 8. The minimum absolute atomic E-state index is 0.0484. The average molecular weight is 429 g/mol. The Bertz CT molecular complexity index is 951. The molecule has 160 valence electrons. The van der Waals surface area contributed by atoms with Crippen LogP contribution >= 0.6 is 11.3 Å². The fraction of sp³-hybridized carbons (Fsp3) is 0.435. The van der Waals surface area contributed by atoms with Gasteiger partial charge in [-0.25, -0.2) is 0 Å². The van der Waals surface area contributed by atoms with Crippen LogP contribution in [0.5, 0.6) is 0 Å². The minimum atomic E-state index is -0.918. The molecule has 2 aromatic rings. The number of hydrogen-bond acceptors (Lipinski definition) is 4. The quantitative estimate of drug-likeness (QED) is 0.550. The van der Waals surface area contributed by atoms with Gasteiger partial charge in [0.25, 0.3) is 5.91 Å². The van der Waals surface area contributed by atoms with Crippen molar-refractivity contribution < 1.29 is 19.5 Å². The number of carboxylic acids is 1. The molecule has 30 heavy (non-hydrogen) atoms. The first-order valence-corrected chi connectivity index (χ1v) is 11.2. The van der Waals surface area contributed by atoms with Crippen molar-refractivity contribution in [1.29, 1.82) is 0 Å². The molecule has 3 rings (SSSR count). The van der Waals surface area contributed by atoms with E-state index < -0.39 is 5.97 Å². The van der Waals surface area contributed by atoms with E-state index in [0.29, 0.717) is 16.5 Å². The van der Waals surface area contributed by atoms with Gasteiger partial charge in [-0.05, 0) is 55.7 Å². The second-order valence-corrected chi connectivity index (χ2v) is 8.89. The Morgan fingerprint density at radius 1 is 1.17 bits per heavy atom. The number of fused-ring (bicyclic) bond motifs is 1. The number of aliphatic carboxylic acids is 1. The lowest BCUT2D eigenvalue weighted by atomic mass is 9.85. The highest BCUT2D eigenvalue weighted by molar-refractivity contribution is 7.17. The van der Waals surface area contributed by atoms with E-state index in [-0.39, 0.29) is 31.1 Å². The first kappa shape index (κ1) is 22.0. The molecular weight excluding hydrogens is 400 g/mol. The number of carbonyl (C=O) groups is 3. The number of thiophene rings is 1. The standard InChI is InChI=1S/C23H28N2O4S/c1-3-15-11-12-16-18(13-15)30-23(25-19(26)9-6-10-20(27)28)21(16)22(29)24-17-8-5-4-7-14(17)2/h4-5,7-8,15H,3,6,9-13H2,1-2H3,(H,24,29)(H,25,26)(H,27,28)/t15-/m1/s1. The van der Waals surface area contributed by atoms with E-state index >= 15 is 0 Å². The van der Waals surface area contributed by atoms with Crippen LogP contribution in [0.25, 0.3) is 0 Å². The van der Waals surface area contributed by atoms with Gasteiger partial charge in [0, 0.05) is 23.4 Å². The number of nitrogens with one attached hydrogen (secondary N) is 2. The van der Waals surface area contributed by atoms with Crippen molar-refractivity contribution in [2.75, 3.05) is 10.6 Å². The van der Waals surface area contributed by atoms with Crippen molar-refractivity contribution in [3.63, 3.8) is 0 Å². The molecule has 7 heteroatoms. The summed E-state index contributed by atoms with van der Waals surface area (Å²) in [5.74, 6) is -0.787. The molecule has 6 nitrogen and oxygen atoms in total. The molecule has 1 atom stereocenters. The second kappa shape index (κ2) is 9.89. The van der Waals surface area contributed by atoms with Gasteiger partial charge >= 0.3 is 5.97 Å². The van der Waals surface area contributed by atoms with Crippen LogP contribution in [0.15, 0.2) is 24.3 Å². The van der Waals surface area contributed by atoms with E-state index in [9.17, 15) is 14.4 Å². The normalized spacial score (nSPS) is 15.3. The van der Waals surface area contributed by atoms with Gasteiger partial charge in [0.05, 0.1) is 5.56 Å². The fourth-order valence-corrected chi connectivity index (χ4v) is 5.19. The molecule has 1 aromatic carbocycles. The Hall–Kier alpha value is -2.67. The van der Waals surface area contributed by atoms with Crippen molar-refractivity contribution in [3.05, 3.63) is 45.8 Å². The molecule has 0 unspecified atom stereocenters. The van der Waals surface area contributed by atoms with Gasteiger partial charge in [-0.15, -0.1) is 11.3 Å². The molecular formula is C23H28N2O4S. The Morgan fingerprint density at radius 2 is 1.93 bits per heavy atom. The summed E-state index contributed by atoms with van der Waals surface area (Å²) in [6.07, 6.45) is 4.23. The Balaban J connectivity index is 1.85. The predicted octanol–water partition coefficient (Wildman–Crippen LogP) is 5.02. The number of benzene rings is 1. The van der Waals surface area contributed by atoms with Crippen LogP contribution in [-0.2, 0) is 22.4 Å². The van der Waals surface area contributed by atoms with E-state index in [2.05, 4.69) is 17.6 Å². The highest BCUT2D eigenvalue weighted by atomic mass is 32.1. The number of carbonyl (C=O) groups excluding carboxylic acids is 2. The maximum atomic E-state index is 13.2. The minimum Gasteiger partial charge on any atom is -0.481 e. The van der Waals surface area contributed by atoms with Gasteiger partial charge in [0.15, 0.2) is 0 Å². The predicted molar refractivity (Wildman–Crippen MR) is 119 cm³/mol. The van der Waals surface area contributed by atoms with Crippen LogP contribution in [0.2, 0.25) is 0 Å². The molecule has 3 N–H and O–H groups in total. The third-order valence-electron chi connectivity index (χ3n) is 5.61. The van der Waals surface area contributed by atoms with Gasteiger partial charge in [-0.1, -0.05) is 31.5 Å². The van der Waals surface area contributed by atoms with E-state index in [1.54, 1.807) is 0 Å². The van der Waals surface area contributed by atoms with Crippen molar-refractivity contribution >= 4 is 39.8 Å². The van der Waals surface area contributed by atoms with Crippen molar-refractivity contribution in [3.8, 4) is 0 Å². The van der Waals surface area contributed by atoms with Gasteiger partial charge in [0.1, 0.15) is 5.00 Å². The highest BCUT2D eigenvalue weighted by Crippen LogP contribution is 2.41. The van der Waals surface area contributed by atoms with Gasteiger partial charge in [-0.3, -0.25) is 14.4 Å². The summed E-state index contributed by atoms with van der Waals surface area (Å²) in [6.45, 7) is 4.12. The maximum absolute atomic E-state index is 13.2. The summed E-state index contributed by atoms with van der Waals surface area (Å²) in [6, 6.07) is 7.60. The lowest BCUT2D eigenvalue weighted by Crippen LogP contribution is -2.20. The molecule has 0 saturated carbocycles. The Morgan fingerprint density at radius 3 is 2.63 bits per heavy atom. The number of amides is 2. The number of hydrogen-bond donors (Lipinski definition) is 3. The fourth-order valence-electron chi connectivity index (χ4n) is 3.82. The van der Waals surface area contributed by atoms with Crippen molar-refractivity contribution in [2.45, 2.75) is 58.8 Å². The zero-order valence-electron chi connectivity index (χ0n) is 17.4. The summed E-state index contributed by atoms with van der Waals surface area (Å²) in [4.78, 5) is 37.5. The van der Waals surface area contributed by atoms with E-state index in [1.807, 2.05) is 31.2 Å². The molecule has 0 spiro atoms. The molecule has 0 aliphatic heterocycles. The Labute approximate surface area is 180 Å². The van der Waals surface area contributed by atoms with E-state index in [1.165, 1.54) is 16.2 Å².